The Hall–Kier alpha value is -2.83. The van der Waals surface area contributed by atoms with Gasteiger partial charge in [0, 0.05) is 19.5 Å². The van der Waals surface area contributed by atoms with Crippen molar-refractivity contribution in [3.8, 4) is 5.75 Å². The number of methoxy groups -OCH3 is 1. The quantitative estimate of drug-likeness (QED) is 0.839. The summed E-state index contributed by atoms with van der Waals surface area (Å²) in [6.45, 7) is 3.55. The van der Waals surface area contributed by atoms with E-state index in [4.69, 9.17) is 9.26 Å². The summed E-state index contributed by atoms with van der Waals surface area (Å²) in [6.07, 6.45) is 0.597. The van der Waals surface area contributed by atoms with Crippen molar-refractivity contribution in [3.05, 3.63) is 41.7 Å². The van der Waals surface area contributed by atoms with E-state index >= 15 is 0 Å². The Kier molecular flexibility index (Phi) is 5.95. The van der Waals surface area contributed by atoms with Crippen molar-refractivity contribution >= 4 is 17.6 Å². The Morgan fingerprint density at radius 3 is 2.71 bits per heavy atom. The minimum Gasteiger partial charge on any atom is -0.496 e. The summed E-state index contributed by atoms with van der Waals surface area (Å²) in [6, 6.07) is 9.22. The molecule has 0 aliphatic rings. The van der Waals surface area contributed by atoms with Gasteiger partial charge in [0.25, 0.3) is 0 Å². The van der Waals surface area contributed by atoms with Crippen molar-refractivity contribution in [2.24, 2.45) is 0 Å². The van der Waals surface area contributed by atoms with Crippen molar-refractivity contribution in [2.45, 2.75) is 20.3 Å². The molecule has 1 N–H and O–H groups in total. The number of aryl methyl sites for hydroxylation is 1. The van der Waals surface area contributed by atoms with E-state index in [1.807, 2.05) is 24.3 Å². The van der Waals surface area contributed by atoms with Crippen LogP contribution in [-0.4, -0.2) is 42.1 Å². The van der Waals surface area contributed by atoms with E-state index in [0.29, 0.717) is 24.5 Å². The molecule has 24 heavy (non-hydrogen) atoms. The highest BCUT2D eigenvalue weighted by Crippen LogP contribution is 2.18. The molecule has 2 aromatic rings. The molecule has 7 nitrogen and oxygen atoms in total. The number of benzene rings is 1. The van der Waals surface area contributed by atoms with Gasteiger partial charge in [-0.1, -0.05) is 23.4 Å². The van der Waals surface area contributed by atoms with Gasteiger partial charge >= 0.3 is 0 Å². The molecule has 7 heteroatoms. The van der Waals surface area contributed by atoms with Gasteiger partial charge in [0.1, 0.15) is 11.5 Å². The highest BCUT2D eigenvalue weighted by atomic mass is 16.5. The number of anilines is 1. The Morgan fingerprint density at radius 1 is 1.33 bits per heavy atom. The van der Waals surface area contributed by atoms with Gasteiger partial charge in [0.2, 0.25) is 11.8 Å². The number of ether oxygens (including phenoxy) is 1. The molecule has 1 aromatic heterocycles. The van der Waals surface area contributed by atoms with Crippen LogP contribution < -0.4 is 10.1 Å². The molecule has 0 atom stereocenters. The Bertz CT molecular complexity index is 711. The average molecular weight is 331 g/mol. The topological polar surface area (TPSA) is 84.7 Å². The van der Waals surface area contributed by atoms with Crippen molar-refractivity contribution in [1.29, 1.82) is 0 Å². The zero-order valence-electron chi connectivity index (χ0n) is 14.0. The molecular formula is C17H21N3O4. The van der Waals surface area contributed by atoms with Gasteiger partial charge in [-0.3, -0.25) is 9.59 Å². The lowest BCUT2D eigenvalue weighted by atomic mass is 10.1. The molecule has 2 rings (SSSR count). The fourth-order valence-corrected chi connectivity index (χ4v) is 2.29. The van der Waals surface area contributed by atoms with Crippen LogP contribution in [-0.2, 0) is 16.0 Å². The van der Waals surface area contributed by atoms with Gasteiger partial charge in [-0.05, 0) is 25.0 Å². The third-order valence-corrected chi connectivity index (χ3v) is 3.52. The van der Waals surface area contributed by atoms with Crippen LogP contribution in [0.3, 0.4) is 0 Å². The van der Waals surface area contributed by atoms with Crippen molar-refractivity contribution < 1.29 is 18.8 Å². The van der Waals surface area contributed by atoms with Crippen LogP contribution >= 0.6 is 0 Å². The van der Waals surface area contributed by atoms with Gasteiger partial charge < -0.3 is 19.5 Å². The third-order valence-electron chi connectivity index (χ3n) is 3.52. The Labute approximate surface area is 140 Å². The van der Waals surface area contributed by atoms with Crippen LogP contribution in [0.4, 0.5) is 5.82 Å². The molecule has 1 aromatic carbocycles. The van der Waals surface area contributed by atoms with Crippen molar-refractivity contribution in [1.82, 2.24) is 10.1 Å². The minimum atomic E-state index is -0.321. The SMILES string of the molecule is COc1ccccc1CCN(CC(=O)Nc1cc(C)on1)C(C)=O. The Morgan fingerprint density at radius 2 is 2.08 bits per heavy atom. The standard InChI is InChI=1S/C17H21N3O4/c1-12-10-16(19-24-12)18-17(22)11-20(13(2)21)9-8-14-6-4-5-7-15(14)23-3/h4-7,10H,8-9,11H2,1-3H3,(H,18,19,22). The summed E-state index contributed by atoms with van der Waals surface area (Å²) in [5.41, 5.74) is 0.985. The maximum absolute atomic E-state index is 12.1. The lowest BCUT2D eigenvalue weighted by Crippen LogP contribution is -2.38. The number of para-hydroxylation sites is 1. The number of amides is 2. The normalized spacial score (nSPS) is 10.3. The number of hydrogen-bond donors (Lipinski definition) is 1. The van der Waals surface area contributed by atoms with Gasteiger partial charge in [-0.15, -0.1) is 0 Å². The maximum atomic E-state index is 12.1. The van der Waals surface area contributed by atoms with Crippen molar-refractivity contribution in [2.75, 3.05) is 25.5 Å². The lowest BCUT2D eigenvalue weighted by molar-refractivity contribution is -0.132. The summed E-state index contributed by atoms with van der Waals surface area (Å²) >= 11 is 0. The molecule has 1 heterocycles. The monoisotopic (exact) mass is 331 g/mol. The smallest absolute Gasteiger partial charge is 0.245 e. The predicted molar refractivity (Wildman–Crippen MR) is 88.8 cm³/mol. The first-order valence-corrected chi connectivity index (χ1v) is 7.60. The van der Waals surface area contributed by atoms with E-state index in [1.54, 1.807) is 20.1 Å². The molecule has 0 fully saturated rings. The number of hydrogen-bond acceptors (Lipinski definition) is 5. The first kappa shape index (κ1) is 17.5. The minimum absolute atomic E-state index is 0.0452. The summed E-state index contributed by atoms with van der Waals surface area (Å²) in [7, 11) is 1.61. The molecule has 128 valence electrons. The molecule has 0 unspecified atom stereocenters. The van der Waals surface area contributed by atoms with Gasteiger partial charge in [0.05, 0.1) is 13.7 Å². The maximum Gasteiger partial charge on any atom is 0.245 e. The lowest BCUT2D eigenvalue weighted by Gasteiger charge is -2.20. The van der Waals surface area contributed by atoms with E-state index in [0.717, 1.165) is 11.3 Å². The predicted octanol–water partition coefficient (Wildman–Crippen LogP) is 2.02. The molecule has 0 aliphatic carbocycles. The first-order valence-electron chi connectivity index (χ1n) is 7.60. The zero-order valence-corrected chi connectivity index (χ0v) is 14.0. The second kappa shape index (κ2) is 8.14. The number of rotatable bonds is 7. The third kappa shape index (κ3) is 4.84. The van der Waals surface area contributed by atoms with Crippen LogP contribution in [0.2, 0.25) is 0 Å². The van der Waals surface area contributed by atoms with E-state index in [2.05, 4.69) is 10.5 Å². The summed E-state index contributed by atoms with van der Waals surface area (Å²) in [4.78, 5) is 25.3. The second-order valence-electron chi connectivity index (χ2n) is 5.37. The van der Waals surface area contributed by atoms with E-state index < -0.39 is 0 Å². The molecule has 0 aliphatic heterocycles. The van der Waals surface area contributed by atoms with E-state index in [9.17, 15) is 9.59 Å². The van der Waals surface area contributed by atoms with E-state index in [1.165, 1.54) is 11.8 Å². The largest absolute Gasteiger partial charge is 0.496 e. The zero-order chi connectivity index (χ0) is 17.5. The van der Waals surface area contributed by atoms with Gasteiger partial charge in [-0.25, -0.2) is 0 Å². The van der Waals surface area contributed by atoms with E-state index in [-0.39, 0.29) is 18.4 Å². The average Bonchev–Trinajstić information content (AvgIpc) is 2.96. The number of carbonyl (C=O) groups excluding carboxylic acids is 2. The summed E-state index contributed by atoms with van der Waals surface area (Å²) in [5.74, 6) is 1.22. The second-order valence-corrected chi connectivity index (χ2v) is 5.37. The first-order chi connectivity index (χ1) is 11.5. The van der Waals surface area contributed by atoms with Crippen LogP contribution in [0, 0.1) is 6.92 Å². The van der Waals surface area contributed by atoms with Crippen LogP contribution in [0.5, 0.6) is 5.75 Å². The number of carbonyl (C=O) groups is 2. The van der Waals surface area contributed by atoms with Crippen molar-refractivity contribution in [3.63, 3.8) is 0 Å². The van der Waals surface area contributed by atoms with Gasteiger partial charge in [0.15, 0.2) is 5.82 Å². The van der Waals surface area contributed by atoms with Gasteiger partial charge in [-0.2, -0.15) is 0 Å². The summed E-state index contributed by atoms with van der Waals surface area (Å²) < 4.78 is 10.2. The fraction of sp³-hybridized carbons (Fsp3) is 0.353. The molecule has 0 spiro atoms. The number of nitrogens with zero attached hydrogens (tertiary/aromatic N) is 2. The highest BCUT2D eigenvalue weighted by Gasteiger charge is 2.15. The van der Waals surface area contributed by atoms with Crippen LogP contribution in [0.15, 0.2) is 34.9 Å². The Balaban J connectivity index is 1.94. The molecule has 0 radical (unpaired) electrons. The highest BCUT2D eigenvalue weighted by molar-refractivity contribution is 5.93. The molecule has 2 amide bonds. The molecule has 0 bridgehead atoms. The molecule has 0 saturated carbocycles. The molecule has 0 saturated heterocycles. The van der Waals surface area contributed by atoms with Crippen LogP contribution in [0.1, 0.15) is 18.2 Å². The number of aromatic nitrogens is 1. The number of nitrogens with one attached hydrogen (secondary N) is 1. The molecular weight excluding hydrogens is 310 g/mol. The summed E-state index contributed by atoms with van der Waals surface area (Å²) in [5, 5.41) is 6.30. The van der Waals surface area contributed by atoms with Crippen LogP contribution in [0.25, 0.3) is 0 Å². The fourth-order valence-electron chi connectivity index (χ4n) is 2.29.